The average molecular weight is 1140 g/mol. The van der Waals surface area contributed by atoms with Crippen molar-refractivity contribution < 1.29 is 39.8 Å². The molecule has 0 spiro atoms. The second-order valence-corrected chi connectivity index (χ2v) is 22.9. The lowest BCUT2D eigenvalue weighted by Gasteiger charge is -2.40. The van der Waals surface area contributed by atoms with Crippen LogP contribution in [-0.2, 0) is 14.3 Å². The maximum atomic E-state index is 13.1. The highest BCUT2D eigenvalue weighted by molar-refractivity contribution is 5.76. The number of aliphatic hydroxyl groups is 5. The predicted molar refractivity (Wildman–Crippen MR) is 350 cm³/mol. The molecule has 7 atom stereocenters. The minimum Gasteiger partial charge on any atom is -0.394 e. The predicted octanol–water partition coefficient (Wildman–Crippen LogP) is 18.2. The molecule has 1 aliphatic rings. The SMILES string of the molecule is CC/C=C\C/C=C\C/C=C\C/C=C\C/C=C\C/C=C\C/C=C\C/C=C\CCCCCCCCC(=O)NC(COC1OC(CO)C(O)C(O)C1O)C(O)/C=C/CC/C=C/CCCCCCCCCCCCCCCCCCCCCCCC. The molecule has 1 aliphatic heterocycles. The van der Waals surface area contributed by atoms with Gasteiger partial charge in [-0.25, -0.2) is 0 Å². The normalized spacial score (nSPS) is 19.1. The fourth-order valence-corrected chi connectivity index (χ4v) is 10.0. The van der Waals surface area contributed by atoms with E-state index in [9.17, 15) is 30.3 Å². The number of hydrogen-bond donors (Lipinski definition) is 6. The van der Waals surface area contributed by atoms with Crippen LogP contribution in [0.3, 0.4) is 0 Å². The van der Waals surface area contributed by atoms with Gasteiger partial charge in [0.05, 0.1) is 25.4 Å². The first-order chi connectivity index (χ1) is 40.3. The highest BCUT2D eigenvalue weighted by Gasteiger charge is 2.44. The van der Waals surface area contributed by atoms with Crippen molar-refractivity contribution in [2.75, 3.05) is 13.2 Å². The van der Waals surface area contributed by atoms with Gasteiger partial charge in [-0.1, -0.05) is 296 Å². The molecular formula is C73H125NO8. The van der Waals surface area contributed by atoms with Crippen molar-refractivity contribution in [2.24, 2.45) is 0 Å². The zero-order chi connectivity index (χ0) is 59.3. The number of nitrogens with one attached hydrogen (secondary N) is 1. The standard InChI is InChI=1S/C73H125NO8/c1-3-5-7-9-11-13-15-17-19-21-23-25-27-29-31-33-34-35-37-39-41-43-45-47-49-51-53-55-57-59-61-63-69(77)74-66(65-81-73-72(80)71(79)70(78)68(64-75)82-73)67(76)62-60-58-56-54-52-50-48-46-44-42-40-38-36-32-30-28-26-24-22-20-18-16-14-12-10-8-6-4-2/h5,7,11,13,17,19,23,25,29,31,34-35,39,41,45,47,52,54,60,62,66-68,70-73,75-76,78-80H,3-4,6,8-10,12,14-16,18,20-22,24,26-28,30,32-33,36-38,40,42-44,46,48-51,53,55-59,61,63-65H2,1-2H3,(H,74,77)/b7-5-,13-11-,19-17-,25-23-,31-29-,35-34-,41-39-,47-45-,54-52+,62-60+. The maximum absolute atomic E-state index is 13.1. The Kier molecular flexibility index (Phi) is 56.7. The van der Waals surface area contributed by atoms with Gasteiger partial charge in [-0.05, 0) is 96.3 Å². The molecule has 0 bridgehead atoms. The van der Waals surface area contributed by atoms with Gasteiger partial charge in [0.15, 0.2) is 6.29 Å². The van der Waals surface area contributed by atoms with Crippen molar-refractivity contribution in [2.45, 2.75) is 320 Å². The van der Waals surface area contributed by atoms with Crippen molar-refractivity contribution in [3.8, 4) is 0 Å². The van der Waals surface area contributed by atoms with Crippen molar-refractivity contribution in [3.05, 3.63) is 122 Å². The second-order valence-electron chi connectivity index (χ2n) is 22.9. The van der Waals surface area contributed by atoms with Gasteiger partial charge in [0.1, 0.15) is 24.4 Å². The molecule has 0 aromatic rings. The van der Waals surface area contributed by atoms with Crippen molar-refractivity contribution in [3.63, 3.8) is 0 Å². The van der Waals surface area contributed by atoms with Crippen molar-refractivity contribution in [1.82, 2.24) is 5.32 Å². The van der Waals surface area contributed by atoms with Crippen LogP contribution in [0.5, 0.6) is 0 Å². The summed E-state index contributed by atoms with van der Waals surface area (Å²) in [6.45, 7) is 3.66. The van der Waals surface area contributed by atoms with E-state index in [1.165, 1.54) is 141 Å². The molecule has 1 saturated heterocycles. The Morgan fingerprint density at radius 3 is 1.17 bits per heavy atom. The summed E-state index contributed by atoms with van der Waals surface area (Å²) in [5, 5.41) is 54.7. The molecule has 9 nitrogen and oxygen atoms in total. The molecule has 1 rings (SSSR count). The molecule has 1 heterocycles. The fourth-order valence-electron chi connectivity index (χ4n) is 10.0. The Hall–Kier alpha value is -3.41. The quantitative estimate of drug-likeness (QED) is 0.0261. The van der Waals surface area contributed by atoms with Crippen LogP contribution in [0.25, 0.3) is 0 Å². The topological polar surface area (TPSA) is 149 Å². The van der Waals surface area contributed by atoms with Crippen LogP contribution in [-0.4, -0.2) is 87.5 Å². The molecule has 82 heavy (non-hydrogen) atoms. The number of amides is 1. The first-order valence-corrected chi connectivity index (χ1v) is 33.8. The minimum atomic E-state index is -1.58. The van der Waals surface area contributed by atoms with E-state index in [1.54, 1.807) is 6.08 Å². The average Bonchev–Trinajstić information content (AvgIpc) is 3.52. The lowest BCUT2D eigenvalue weighted by molar-refractivity contribution is -0.302. The molecule has 1 amide bonds. The second kappa shape index (κ2) is 60.7. The molecule has 9 heteroatoms. The molecule has 0 aromatic carbocycles. The Balaban J connectivity index is 2.22. The summed E-state index contributed by atoms with van der Waals surface area (Å²) in [6, 6.07) is -0.841. The number of unbranched alkanes of at least 4 members (excludes halogenated alkanes) is 29. The summed E-state index contributed by atoms with van der Waals surface area (Å²) in [5.41, 5.74) is 0. The van der Waals surface area contributed by atoms with Gasteiger partial charge >= 0.3 is 0 Å². The number of carbonyl (C=O) groups excluding carboxylic acids is 1. The van der Waals surface area contributed by atoms with Crippen LogP contribution >= 0.6 is 0 Å². The Morgan fingerprint density at radius 1 is 0.427 bits per heavy atom. The van der Waals surface area contributed by atoms with E-state index in [4.69, 9.17) is 9.47 Å². The molecule has 7 unspecified atom stereocenters. The smallest absolute Gasteiger partial charge is 0.220 e. The van der Waals surface area contributed by atoms with E-state index >= 15 is 0 Å². The van der Waals surface area contributed by atoms with Gasteiger partial charge in [0.2, 0.25) is 5.91 Å². The summed E-state index contributed by atoms with van der Waals surface area (Å²) in [7, 11) is 0. The third-order valence-corrected chi connectivity index (χ3v) is 15.3. The van der Waals surface area contributed by atoms with Gasteiger partial charge in [0.25, 0.3) is 0 Å². The monoisotopic (exact) mass is 1140 g/mol. The molecule has 1 fully saturated rings. The summed E-state index contributed by atoms with van der Waals surface area (Å²) in [5.74, 6) is -0.204. The first kappa shape index (κ1) is 76.6. The molecule has 0 saturated carbocycles. The fraction of sp³-hybridized carbons (Fsp3) is 0.712. The number of allylic oxidation sites excluding steroid dienone is 19. The number of aliphatic hydroxyl groups excluding tert-OH is 5. The third-order valence-electron chi connectivity index (χ3n) is 15.3. The Bertz CT molecular complexity index is 1710. The van der Waals surface area contributed by atoms with E-state index in [1.807, 2.05) is 6.08 Å². The molecule has 0 aromatic heterocycles. The summed E-state index contributed by atoms with van der Waals surface area (Å²) in [4.78, 5) is 13.1. The maximum Gasteiger partial charge on any atom is 0.220 e. The molecule has 0 radical (unpaired) electrons. The van der Waals surface area contributed by atoms with Gasteiger partial charge in [-0.15, -0.1) is 0 Å². The Labute approximate surface area is 503 Å². The van der Waals surface area contributed by atoms with Crippen molar-refractivity contribution in [1.29, 1.82) is 0 Å². The Morgan fingerprint density at radius 2 is 0.768 bits per heavy atom. The van der Waals surface area contributed by atoms with E-state index in [-0.39, 0.29) is 12.5 Å². The van der Waals surface area contributed by atoms with Gasteiger partial charge in [0, 0.05) is 6.42 Å². The third kappa shape index (κ3) is 48.9. The van der Waals surface area contributed by atoms with E-state index in [2.05, 4.69) is 129 Å². The molecule has 0 aliphatic carbocycles. The number of ether oxygens (including phenoxy) is 2. The summed E-state index contributed by atoms with van der Waals surface area (Å²) in [6.07, 6.45) is 84.3. The zero-order valence-corrected chi connectivity index (χ0v) is 52.5. The van der Waals surface area contributed by atoms with Crippen LogP contribution in [0.2, 0.25) is 0 Å². The van der Waals surface area contributed by atoms with Crippen LogP contribution in [0.4, 0.5) is 0 Å². The lowest BCUT2D eigenvalue weighted by atomic mass is 9.99. The largest absolute Gasteiger partial charge is 0.394 e. The van der Waals surface area contributed by atoms with E-state index < -0.39 is 49.5 Å². The lowest BCUT2D eigenvalue weighted by Crippen LogP contribution is -2.60. The minimum absolute atomic E-state index is 0.204. The summed E-state index contributed by atoms with van der Waals surface area (Å²) >= 11 is 0. The van der Waals surface area contributed by atoms with Gasteiger partial charge < -0.3 is 40.3 Å². The molecular weight excluding hydrogens is 1020 g/mol. The van der Waals surface area contributed by atoms with Gasteiger partial charge in [-0.3, -0.25) is 4.79 Å². The number of carbonyl (C=O) groups is 1. The van der Waals surface area contributed by atoms with Crippen LogP contribution in [0.15, 0.2) is 122 Å². The molecule has 6 N–H and O–H groups in total. The van der Waals surface area contributed by atoms with Gasteiger partial charge in [-0.2, -0.15) is 0 Å². The summed E-state index contributed by atoms with van der Waals surface area (Å²) < 4.78 is 11.3. The zero-order valence-electron chi connectivity index (χ0n) is 52.5. The highest BCUT2D eigenvalue weighted by atomic mass is 16.7. The van der Waals surface area contributed by atoms with Crippen molar-refractivity contribution >= 4 is 5.91 Å². The van der Waals surface area contributed by atoms with E-state index in [0.29, 0.717) is 6.42 Å². The van der Waals surface area contributed by atoms with Crippen LogP contribution in [0.1, 0.15) is 277 Å². The van der Waals surface area contributed by atoms with Crippen LogP contribution < -0.4 is 5.32 Å². The molecule has 470 valence electrons. The van der Waals surface area contributed by atoms with E-state index in [0.717, 1.165) is 116 Å². The number of hydrogen-bond acceptors (Lipinski definition) is 8. The highest BCUT2D eigenvalue weighted by Crippen LogP contribution is 2.23. The van der Waals surface area contributed by atoms with Crippen LogP contribution in [0, 0.1) is 0 Å². The number of rotatable bonds is 57. The first-order valence-electron chi connectivity index (χ1n) is 33.8.